The van der Waals surface area contributed by atoms with E-state index in [1.165, 1.54) is 6.07 Å². The van der Waals surface area contributed by atoms with E-state index in [1.807, 2.05) is 0 Å². The first-order valence-corrected chi connectivity index (χ1v) is 6.93. The number of nitrogens with one attached hydrogen (secondary N) is 1. The van der Waals surface area contributed by atoms with E-state index in [0.29, 0.717) is 6.42 Å². The molecular weight excluding hydrogens is 267 g/mol. The van der Waals surface area contributed by atoms with Gasteiger partial charge in [-0.1, -0.05) is 0 Å². The zero-order valence-electron chi connectivity index (χ0n) is 8.78. The van der Waals surface area contributed by atoms with E-state index in [2.05, 4.69) is 4.72 Å². The summed E-state index contributed by atoms with van der Waals surface area (Å²) in [6.45, 7) is 0. The molecular formula is C10H10ClFN2O2S. The molecule has 0 heterocycles. The van der Waals surface area contributed by atoms with E-state index < -0.39 is 15.8 Å². The third-order valence-corrected chi connectivity index (χ3v) is 3.54. The van der Waals surface area contributed by atoms with Crippen molar-refractivity contribution in [3.05, 3.63) is 29.6 Å². The van der Waals surface area contributed by atoms with Gasteiger partial charge in [-0.05, 0) is 24.6 Å². The fourth-order valence-electron chi connectivity index (χ4n) is 1.16. The Labute approximate surface area is 104 Å². The Morgan fingerprint density at radius 2 is 2.18 bits per heavy atom. The number of alkyl halides is 1. The number of anilines is 1. The van der Waals surface area contributed by atoms with Gasteiger partial charge in [0.25, 0.3) is 0 Å². The molecule has 4 nitrogen and oxygen atoms in total. The third kappa shape index (κ3) is 4.21. The Morgan fingerprint density at radius 3 is 2.76 bits per heavy atom. The molecule has 0 fully saturated rings. The first-order valence-electron chi connectivity index (χ1n) is 4.74. The molecule has 92 valence electrons. The first kappa shape index (κ1) is 13.7. The van der Waals surface area contributed by atoms with Gasteiger partial charge >= 0.3 is 0 Å². The van der Waals surface area contributed by atoms with Crippen molar-refractivity contribution in [3.8, 4) is 6.07 Å². The summed E-state index contributed by atoms with van der Waals surface area (Å²) in [6, 6.07) is 4.99. The van der Waals surface area contributed by atoms with Gasteiger partial charge in [0.2, 0.25) is 10.0 Å². The Balaban J connectivity index is 2.92. The van der Waals surface area contributed by atoms with Gasteiger partial charge < -0.3 is 0 Å². The van der Waals surface area contributed by atoms with E-state index in [0.717, 1.165) is 12.1 Å². The number of rotatable bonds is 5. The van der Waals surface area contributed by atoms with E-state index in [-0.39, 0.29) is 22.9 Å². The van der Waals surface area contributed by atoms with E-state index >= 15 is 0 Å². The summed E-state index contributed by atoms with van der Waals surface area (Å²) in [7, 11) is -3.55. The second kappa shape index (κ2) is 5.84. The van der Waals surface area contributed by atoms with Gasteiger partial charge in [-0.25, -0.2) is 12.8 Å². The van der Waals surface area contributed by atoms with E-state index in [1.54, 1.807) is 6.07 Å². The number of sulfonamides is 1. The van der Waals surface area contributed by atoms with Gasteiger partial charge in [0.1, 0.15) is 11.9 Å². The lowest BCUT2D eigenvalue weighted by atomic mass is 10.2. The summed E-state index contributed by atoms with van der Waals surface area (Å²) >= 11 is 5.40. The summed E-state index contributed by atoms with van der Waals surface area (Å²) in [5.41, 5.74) is 0.0166. The van der Waals surface area contributed by atoms with Gasteiger partial charge in [0, 0.05) is 5.88 Å². The van der Waals surface area contributed by atoms with Crippen LogP contribution in [-0.4, -0.2) is 20.1 Å². The lowest BCUT2D eigenvalue weighted by Gasteiger charge is -2.08. The maximum absolute atomic E-state index is 12.8. The molecule has 17 heavy (non-hydrogen) atoms. The molecule has 1 N–H and O–H groups in total. The van der Waals surface area contributed by atoms with Crippen LogP contribution >= 0.6 is 11.6 Å². The van der Waals surface area contributed by atoms with Crippen molar-refractivity contribution in [2.45, 2.75) is 6.42 Å². The second-order valence-corrected chi connectivity index (χ2v) is 5.49. The van der Waals surface area contributed by atoms with Crippen LogP contribution < -0.4 is 4.72 Å². The molecule has 0 radical (unpaired) electrons. The van der Waals surface area contributed by atoms with E-state index in [9.17, 15) is 12.8 Å². The average molecular weight is 277 g/mol. The van der Waals surface area contributed by atoms with Gasteiger partial charge in [0.05, 0.1) is 17.0 Å². The number of halogens is 2. The van der Waals surface area contributed by atoms with Crippen molar-refractivity contribution in [1.82, 2.24) is 0 Å². The maximum atomic E-state index is 12.8. The van der Waals surface area contributed by atoms with Gasteiger partial charge in [-0.15, -0.1) is 11.6 Å². The summed E-state index contributed by atoms with van der Waals surface area (Å²) in [6.07, 6.45) is 0.306. The van der Waals surface area contributed by atoms with Crippen LogP contribution in [0, 0.1) is 17.1 Å². The summed E-state index contributed by atoms with van der Waals surface area (Å²) in [4.78, 5) is 0. The van der Waals surface area contributed by atoms with Crippen LogP contribution in [0.3, 0.4) is 0 Å². The van der Waals surface area contributed by atoms with Crippen LogP contribution in [0.5, 0.6) is 0 Å². The maximum Gasteiger partial charge on any atom is 0.232 e. The number of benzene rings is 1. The minimum Gasteiger partial charge on any atom is -0.282 e. The smallest absolute Gasteiger partial charge is 0.232 e. The van der Waals surface area contributed by atoms with Gasteiger partial charge in [0.15, 0.2) is 0 Å². The van der Waals surface area contributed by atoms with Crippen molar-refractivity contribution < 1.29 is 12.8 Å². The van der Waals surface area contributed by atoms with Crippen molar-refractivity contribution in [2.24, 2.45) is 0 Å². The quantitative estimate of drug-likeness (QED) is 0.837. The zero-order chi connectivity index (χ0) is 12.9. The lowest BCUT2D eigenvalue weighted by Crippen LogP contribution is -2.17. The summed E-state index contributed by atoms with van der Waals surface area (Å²) in [5, 5.41) is 8.74. The molecule has 0 atom stereocenters. The zero-order valence-corrected chi connectivity index (χ0v) is 10.4. The SMILES string of the molecule is N#Cc1cc(F)ccc1NS(=O)(=O)CCCCl. The molecule has 0 aliphatic carbocycles. The monoisotopic (exact) mass is 276 g/mol. The molecule has 1 aromatic rings. The molecule has 0 aromatic heterocycles. The molecule has 0 aliphatic rings. The third-order valence-electron chi connectivity index (χ3n) is 1.91. The van der Waals surface area contributed by atoms with Crippen LogP contribution in [0.1, 0.15) is 12.0 Å². The molecule has 0 saturated heterocycles. The van der Waals surface area contributed by atoms with Crippen molar-refractivity contribution >= 4 is 27.3 Å². The predicted molar refractivity (Wildman–Crippen MR) is 63.9 cm³/mol. The Kier molecular flexibility index (Phi) is 4.73. The molecule has 0 unspecified atom stereocenters. The van der Waals surface area contributed by atoms with Crippen LogP contribution in [-0.2, 0) is 10.0 Å². The average Bonchev–Trinajstić information content (AvgIpc) is 2.28. The van der Waals surface area contributed by atoms with Crippen LogP contribution in [0.25, 0.3) is 0 Å². The standard InChI is InChI=1S/C10H10ClFN2O2S/c11-4-1-5-17(15,16)14-10-3-2-9(12)6-8(10)7-13/h2-3,6,14H,1,4-5H2. The van der Waals surface area contributed by atoms with Crippen molar-refractivity contribution in [2.75, 3.05) is 16.4 Å². The molecule has 0 spiro atoms. The highest BCUT2D eigenvalue weighted by atomic mass is 35.5. The normalized spacial score (nSPS) is 10.9. The van der Waals surface area contributed by atoms with Crippen LogP contribution in [0.4, 0.5) is 10.1 Å². The molecule has 0 saturated carbocycles. The number of hydrogen-bond donors (Lipinski definition) is 1. The first-order chi connectivity index (χ1) is 7.98. The Hall–Kier alpha value is -1.32. The van der Waals surface area contributed by atoms with Crippen molar-refractivity contribution in [3.63, 3.8) is 0 Å². The number of hydrogen-bond acceptors (Lipinski definition) is 3. The Bertz CT molecular complexity index is 540. The van der Waals surface area contributed by atoms with Crippen LogP contribution in [0.15, 0.2) is 18.2 Å². The lowest BCUT2D eigenvalue weighted by molar-refractivity contribution is 0.599. The highest BCUT2D eigenvalue weighted by Crippen LogP contribution is 2.17. The number of nitrogens with zero attached hydrogens (tertiary/aromatic N) is 1. The minimum absolute atomic E-state index is 0.0561. The second-order valence-electron chi connectivity index (χ2n) is 3.27. The highest BCUT2D eigenvalue weighted by molar-refractivity contribution is 7.92. The highest BCUT2D eigenvalue weighted by Gasteiger charge is 2.12. The topological polar surface area (TPSA) is 70.0 Å². The fraction of sp³-hybridized carbons (Fsp3) is 0.300. The molecule has 1 rings (SSSR count). The number of nitriles is 1. The van der Waals surface area contributed by atoms with Crippen molar-refractivity contribution in [1.29, 1.82) is 5.26 Å². The summed E-state index contributed by atoms with van der Waals surface area (Å²) < 4.78 is 38.1. The largest absolute Gasteiger partial charge is 0.282 e. The van der Waals surface area contributed by atoms with Crippen LogP contribution in [0.2, 0.25) is 0 Å². The Morgan fingerprint density at radius 1 is 1.47 bits per heavy atom. The molecule has 1 aromatic carbocycles. The summed E-state index contributed by atoms with van der Waals surface area (Å²) in [5.74, 6) is -0.501. The van der Waals surface area contributed by atoms with Gasteiger partial charge in [-0.2, -0.15) is 5.26 Å². The molecule has 0 amide bonds. The molecule has 0 aliphatic heterocycles. The predicted octanol–water partition coefficient (Wildman–Crippen LogP) is 2.07. The van der Waals surface area contributed by atoms with E-state index in [4.69, 9.17) is 16.9 Å². The minimum atomic E-state index is -3.55. The molecule has 7 heteroatoms. The fourth-order valence-corrected chi connectivity index (χ4v) is 2.59. The van der Waals surface area contributed by atoms with Gasteiger partial charge in [-0.3, -0.25) is 4.72 Å². The molecule has 0 bridgehead atoms.